The molecule has 0 aliphatic carbocycles. The maximum atomic E-state index is 12.1. The molecule has 8 heteroatoms. The van der Waals surface area contributed by atoms with Crippen molar-refractivity contribution in [3.05, 3.63) is 48.0 Å². The maximum absolute atomic E-state index is 12.1. The zero-order valence-corrected chi connectivity index (χ0v) is 14.8. The van der Waals surface area contributed by atoms with Gasteiger partial charge in [0.15, 0.2) is 5.75 Å². The van der Waals surface area contributed by atoms with Gasteiger partial charge in [0.1, 0.15) is 10.6 Å². The zero-order chi connectivity index (χ0) is 18.0. The fourth-order valence-corrected chi connectivity index (χ4v) is 3.77. The van der Waals surface area contributed by atoms with E-state index in [1.807, 2.05) is 4.90 Å². The third-order valence-corrected chi connectivity index (χ3v) is 5.28. The van der Waals surface area contributed by atoms with E-state index in [1.54, 1.807) is 30.3 Å². The maximum Gasteiger partial charge on any atom is 0.335 e. The van der Waals surface area contributed by atoms with Gasteiger partial charge in [0.25, 0.3) is 9.05 Å². The third kappa shape index (κ3) is 3.88. The Bertz CT molecular complexity index is 893. The normalized spacial score (nSPS) is 14.5. The van der Waals surface area contributed by atoms with E-state index in [4.69, 9.17) is 15.4 Å². The van der Waals surface area contributed by atoms with Crippen molar-refractivity contribution in [1.29, 1.82) is 0 Å². The smallest absolute Gasteiger partial charge is 0.335 e. The molecule has 1 aliphatic rings. The molecule has 3 rings (SSSR count). The average molecular weight is 382 g/mol. The van der Waals surface area contributed by atoms with E-state index in [2.05, 4.69) is 0 Å². The number of carboxylic acid groups (broad SMARTS) is 1. The van der Waals surface area contributed by atoms with Crippen LogP contribution in [-0.2, 0) is 9.05 Å². The van der Waals surface area contributed by atoms with Gasteiger partial charge in [-0.3, -0.25) is 0 Å². The number of para-hydroxylation sites is 1. The Labute approximate surface area is 150 Å². The van der Waals surface area contributed by atoms with Crippen LogP contribution >= 0.6 is 10.7 Å². The molecule has 6 nitrogen and oxygen atoms in total. The largest absolute Gasteiger partial charge is 0.478 e. The Morgan fingerprint density at radius 3 is 2.32 bits per heavy atom. The summed E-state index contributed by atoms with van der Waals surface area (Å²) in [6, 6.07) is 11.1. The first-order chi connectivity index (χ1) is 11.9. The van der Waals surface area contributed by atoms with Crippen LogP contribution < -0.4 is 9.64 Å². The first kappa shape index (κ1) is 17.6. The van der Waals surface area contributed by atoms with Crippen LogP contribution in [0.25, 0.3) is 0 Å². The lowest BCUT2D eigenvalue weighted by Gasteiger charge is -2.23. The van der Waals surface area contributed by atoms with Gasteiger partial charge in [-0.05, 0) is 37.1 Å². The SMILES string of the molecule is O=C(O)c1cc(N2CCCC2)c(Oc2ccccc2)c(S(=O)(=O)Cl)c1. The topological polar surface area (TPSA) is 83.9 Å². The molecule has 25 heavy (non-hydrogen) atoms. The Balaban J connectivity index is 2.22. The first-order valence-corrected chi connectivity index (χ1v) is 10.0. The number of anilines is 1. The van der Waals surface area contributed by atoms with Gasteiger partial charge >= 0.3 is 5.97 Å². The lowest BCUT2D eigenvalue weighted by atomic mass is 10.1. The Hall–Kier alpha value is -2.25. The van der Waals surface area contributed by atoms with Gasteiger partial charge in [0.2, 0.25) is 0 Å². The van der Waals surface area contributed by atoms with Crippen LogP contribution in [0.15, 0.2) is 47.4 Å². The van der Waals surface area contributed by atoms with Gasteiger partial charge in [-0.1, -0.05) is 18.2 Å². The Morgan fingerprint density at radius 1 is 1.12 bits per heavy atom. The summed E-state index contributed by atoms with van der Waals surface area (Å²) < 4.78 is 29.9. The molecular weight excluding hydrogens is 366 g/mol. The number of hydrogen-bond donors (Lipinski definition) is 1. The minimum Gasteiger partial charge on any atom is -0.478 e. The first-order valence-electron chi connectivity index (χ1n) is 7.70. The average Bonchev–Trinajstić information content (AvgIpc) is 3.09. The van der Waals surface area contributed by atoms with Crippen LogP contribution in [-0.4, -0.2) is 32.6 Å². The summed E-state index contributed by atoms with van der Waals surface area (Å²) in [5, 5.41) is 9.33. The summed E-state index contributed by atoms with van der Waals surface area (Å²) in [6.07, 6.45) is 1.87. The highest BCUT2D eigenvalue weighted by Crippen LogP contribution is 2.41. The van der Waals surface area contributed by atoms with E-state index in [1.165, 1.54) is 6.07 Å². The Morgan fingerprint density at radius 2 is 1.76 bits per heavy atom. The second-order valence-corrected chi connectivity index (χ2v) is 8.21. The third-order valence-electron chi connectivity index (χ3n) is 3.95. The molecule has 2 aromatic rings. The van der Waals surface area contributed by atoms with Crippen LogP contribution in [0.5, 0.6) is 11.5 Å². The van der Waals surface area contributed by atoms with Crippen molar-refractivity contribution < 1.29 is 23.1 Å². The standard InChI is InChI=1S/C17H16ClNO5S/c18-25(22,23)15-11-12(17(20)21)10-14(19-8-4-5-9-19)16(15)24-13-6-2-1-3-7-13/h1-3,6-7,10-11H,4-5,8-9H2,(H,20,21). The van der Waals surface area contributed by atoms with E-state index < -0.39 is 15.0 Å². The lowest BCUT2D eigenvalue weighted by molar-refractivity contribution is 0.0696. The van der Waals surface area contributed by atoms with Crippen LogP contribution in [0, 0.1) is 0 Å². The van der Waals surface area contributed by atoms with E-state index >= 15 is 0 Å². The molecule has 0 unspecified atom stereocenters. The van der Waals surface area contributed by atoms with Crippen molar-refractivity contribution in [3.63, 3.8) is 0 Å². The van der Waals surface area contributed by atoms with E-state index in [-0.39, 0.29) is 16.2 Å². The van der Waals surface area contributed by atoms with Gasteiger partial charge < -0.3 is 14.7 Å². The summed E-state index contributed by atoms with van der Waals surface area (Å²) in [6.45, 7) is 1.38. The molecule has 1 heterocycles. The molecule has 0 spiro atoms. The van der Waals surface area contributed by atoms with Gasteiger partial charge in [-0.15, -0.1) is 0 Å². The minimum atomic E-state index is -4.20. The van der Waals surface area contributed by atoms with Gasteiger partial charge in [-0.2, -0.15) is 0 Å². The number of rotatable bonds is 5. The predicted octanol–water partition coefficient (Wildman–Crippen LogP) is 3.70. The summed E-state index contributed by atoms with van der Waals surface area (Å²) in [5.74, 6) is -0.742. The van der Waals surface area contributed by atoms with Crippen LogP contribution in [0.4, 0.5) is 5.69 Å². The van der Waals surface area contributed by atoms with Crippen molar-refractivity contribution in [2.24, 2.45) is 0 Å². The number of ether oxygens (including phenoxy) is 1. The molecule has 132 valence electrons. The fourth-order valence-electron chi connectivity index (χ4n) is 2.79. The molecular formula is C17H16ClNO5S. The zero-order valence-electron chi connectivity index (χ0n) is 13.2. The predicted molar refractivity (Wildman–Crippen MR) is 94.4 cm³/mol. The summed E-state index contributed by atoms with van der Waals surface area (Å²) in [5.41, 5.74) is 0.266. The quantitative estimate of drug-likeness (QED) is 0.795. The van der Waals surface area contributed by atoms with Crippen molar-refractivity contribution in [2.75, 3.05) is 18.0 Å². The highest BCUT2D eigenvalue weighted by atomic mass is 35.7. The highest BCUT2D eigenvalue weighted by molar-refractivity contribution is 8.13. The van der Waals surface area contributed by atoms with E-state index in [0.29, 0.717) is 24.5 Å². The monoisotopic (exact) mass is 381 g/mol. The van der Waals surface area contributed by atoms with Crippen molar-refractivity contribution in [2.45, 2.75) is 17.7 Å². The van der Waals surface area contributed by atoms with Crippen molar-refractivity contribution in [1.82, 2.24) is 0 Å². The number of nitrogens with zero attached hydrogens (tertiary/aromatic N) is 1. The van der Waals surface area contributed by atoms with E-state index in [9.17, 15) is 18.3 Å². The van der Waals surface area contributed by atoms with Crippen LogP contribution in [0.1, 0.15) is 23.2 Å². The molecule has 0 aromatic heterocycles. The van der Waals surface area contributed by atoms with E-state index in [0.717, 1.165) is 18.9 Å². The second-order valence-electron chi connectivity index (χ2n) is 5.67. The molecule has 0 saturated carbocycles. The van der Waals surface area contributed by atoms with Crippen LogP contribution in [0.3, 0.4) is 0 Å². The van der Waals surface area contributed by atoms with Crippen LogP contribution in [0.2, 0.25) is 0 Å². The number of carboxylic acids is 1. The molecule has 1 N–H and O–H groups in total. The Kier molecular flexibility index (Phi) is 4.87. The molecule has 1 aliphatic heterocycles. The highest BCUT2D eigenvalue weighted by Gasteiger charge is 2.28. The molecule has 0 amide bonds. The molecule has 1 fully saturated rings. The molecule has 0 radical (unpaired) electrons. The van der Waals surface area contributed by atoms with Crippen molar-refractivity contribution >= 4 is 31.4 Å². The summed E-state index contributed by atoms with van der Waals surface area (Å²) >= 11 is 0. The number of aromatic carboxylic acids is 1. The van der Waals surface area contributed by atoms with Gasteiger partial charge in [-0.25, -0.2) is 13.2 Å². The molecule has 0 atom stereocenters. The molecule has 0 bridgehead atoms. The lowest BCUT2D eigenvalue weighted by Crippen LogP contribution is -2.20. The number of hydrogen-bond acceptors (Lipinski definition) is 5. The number of benzene rings is 2. The molecule has 2 aromatic carbocycles. The summed E-state index contributed by atoms with van der Waals surface area (Å²) in [7, 11) is 1.36. The number of halogens is 1. The molecule has 1 saturated heterocycles. The fraction of sp³-hybridized carbons (Fsp3) is 0.235. The second kappa shape index (κ2) is 6.93. The summed E-state index contributed by atoms with van der Waals surface area (Å²) in [4.78, 5) is 13.0. The minimum absolute atomic E-state index is 0.0492. The number of carbonyl (C=O) groups is 1. The van der Waals surface area contributed by atoms with Gasteiger partial charge in [0, 0.05) is 23.8 Å². The van der Waals surface area contributed by atoms with Crippen molar-refractivity contribution in [3.8, 4) is 11.5 Å². The van der Waals surface area contributed by atoms with Gasteiger partial charge in [0.05, 0.1) is 11.3 Å².